The Balaban J connectivity index is 1.77. The maximum Gasteiger partial charge on any atom is 0.341 e. The van der Waals surface area contributed by atoms with Gasteiger partial charge in [0.2, 0.25) is 0 Å². The number of rotatable bonds is 6. The summed E-state index contributed by atoms with van der Waals surface area (Å²) in [6.45, 7) is 8.19. The van der Waals surface area contributed by atoms with Crippen molar-refractivity contribution in [1.82, 2.24) is 0 Å². The van der Waals surface area contributed by atoms with Crippen LogP contribution in [0.1, 0.15) is 42.3 Å². The molecule has 5 nitrogen and oxygen atoms in total. The molecule has 1 aromatic carbocycles. The lowest BCUT2D eigenvalue weighted by Gasteiger charge is -2.23. The largest absolute Gasteiger partial charge is 0.483 e. The van der Waals surface area contributed by atoms with Gasteiger partial charge >= 0.3 is 5.97 Å². The highest BCUT2D eigenvalue weighted by Crippen LogP contribution is 2.38. The van der Waals surface area contributed by atoms with Crippen molar-refractivity contribution in [1.29, 1.82) is 0 Å². The van der Waals surface area contributed by atoms with E-state index < -0.39 is 5.97 Å². The van der Waals surface area contributed by atoms with E-state index in [0.29, 0.717) is 16.3 Å². The summed E-state index contributed by atoms with van der Waals surface area (Å²) >= 11 is 2.82. The molecule has 0 aliphatic carbocycles. The van der Waals surface area contributed by atoms with E-state index in [1.807, 2.05) is 41.9 Å². The van der Waals surface area contributed by atoms with Crippen molar-refractivity contribution in [3.05, 3.63) is 57.8 Å². The van der Waals surface area contributed by atoms with Crippen LogP contribution in [0.2, 0.25) is 0 Å². The summed E-state index contributed by atoms with van der Waals surface area (Å²) in [6.07, 6.45) is 0. The molecular weight excluding hydrogens is 418 g/mol. The Morgan fingerprint density at radius 1 is 1.13 bits per heavy atom. The summed E-state index contributed by atoms with van der Waals surface area (Å²) in [7, 11) is 1.33. The second-order valence-corrected chi connectivity index (χ2v) is 9.74. The van der Waals surface area contributed by atoms with Gasteiger partial charge in [-0.05, 0) is 35.4 Å². The fourth-order valence-electron chi connectivity index (χ4n) is 3.03. The van der Waals surface area contributed by atoms with Crippen LogP contribution in [0.25, 0.3) is 10.4 Å². The number of aryl methyl sites for hydroxylation is 1. The number of anilines is 1. The topological polar surface area (TPSA) is 64.6 Å². The lowest BCUT2D eigenvalue weighted by Crippen LogP contribution is -2.22. The summed E-state index contributed by atoms with van der Waals surface area (Å²) in [5.41, 5.74) is 3.19. The van der Waals surface area contributed by atoms with E-state index in [-0.39, 0.29) is 17.9 Å². The molecule has 7 heteroatoms. The van der Waals surface area contributed by atoms with E-state index in [9.17, 15) is 9.59 Å². The van der Waals surface area contributed by atoms with Gasteiger partial charge in [0.25, 0.3) is 5.91 Å². The van der Waals surface area contributed by atoms with Crippen LogP contribution in [-0.2, 0) is 14.9 Å². The average molecular weight is 444 g/mol. The van der Waals surface area contributed by atoms with Crippen molar-refractivity contribution in [2.45, 2.75) is 33.1 Å². The first-order valence-electron chi connectivity index (χ1n) is 9.48. The Labute approximate surface area is 184 Å². The molecule has 2 aromatic heterocycles. The molecule has 0 unspecified atom stereocenters. The van der Waals surface area contributed by atoms with Crippen molar-refractivity contribution in [3.8, 4) is 16.2 Å². The Hall–Kier alpha value is -2.64. The zero-order chi connectivity index (χ0) is 21.9. The molecule has 0 aliphatic rings. The van der Waals surface area contributed by atoms with E-state index in [1.54, 1.807) is 0 Å². The molecule has 0 fully saturated rings. The lowest BCUT2D eigenvalue weighted by atomic mass is 9.85. The van der Waals surface area contributed by atoms with Gasteiger partial charge in [0.05, 0.1) is 7.11 Å². The molecule has 1 amide bonds. The fraction of sp³-hybridized carbons (Fsp3) is 0.304. The molecule has 3 aromatic rings. The monoisotopic (exact) mass is 443 g/mol. The molecule has 30 heavy (non-hydrogen) atoms. The number of carbonyl (C=O) groups excluding carboxylic acids is 2. The van der Waals surface area contributed by atoms with Gasteiger partial charge in [0.15, 0.2) is 6.61 Å². The van der Waals surface area contributed by atoms with Crippen LogP contribution >= 0.6 is 22.7 Å². The third kappa shape index (κ3) is 4.91. The highest BCUT2D eigenvalue weighted by Gasteiger charge is 2.24. The summed E-state index contributed by atoms with van der Waals surface area (Å²) < 4.78 is 10.8. The molecule has 0 spiro atoms. The van der Waals surface area contributed by atoms with Crippen LogP contribution < -0.4 is 10.1 Å². The van der Waals surface area contributed by atoms with Crippen LogP contribution in [0.5, 0.6) is 5.75 Å². The van der Waals surface area contributed by atoms with Gasteiger partial charge in [-0.3, -0.25) is 4.79 Å². The van der Waals surface area contributed by atoms with Gasteiger partial charge in [-0.1, -0.05) is 44.5 Å². The van der Waals surface area contributed by atoms with Crippen LogP contribution in [0.15, 0.2) is 41.1 Å². The first kappa shape index (κ1) is 22.1. The molecule has 0 atom stereocenters. The SMILES string of the molecule is COC(=O)c1c(-c2cccs2)csc1NC(=O)COc1ccc(C)cc1C(C)(C)C. The van der Waals surface area contributed by atoms with Crippen LogP contribution in [-0.4, -0.2) is 25.6 Å². The number of hydrogen-bond acceptors (Lipinski definition) is 6. The Bertz CT molecular complexity index is 1050. The van der Waals surface area contributed by atoms with Gasteiger partial charge in [0, 0.05) is 15.8 Å². The number of thiophene rings is 2. The minimum atomic E-state index is -0.482. The Kier molecular flexibility index (Phi) is 6.63. The van der Waals surface area contributed by atoms with Crippen LogP contribution in [0.4, 0.5) is 5.00 Å². The molecule has 1 N–H and O–H groups in total. The Morgan fingerprint density at radius 3 is 2.53 bits per heavy atom. The maximum atomic E-state index is 12.6. The van der Waals surface area contributed by atoms with Crippen LogP contribution in [0, 0.1) is 6.92 Å². The van der Waals surface area contributed by atoms with Gasteiger partial charge in [0.1, 0.15) is 16.3 Å². The predicted octanol–water partition coefficient (Wildman–Crippen LogP) is 5.89. The molecule has 0 radical (unpaired) electrons. The first-order valence-corrected chi connectivity index (χ1v) is 11.2. The molecule has 0 saturated heterocycles. The second kappa shape index (κ2) is 9.02. The normalized spacial score (nSPS) is 11.2. The van der Waals surface area contributed by atoms with Crippen molar-refractivity contribution in [3.63, 3.8) is 0 Å². The van der Waals surface area contributed by atoms with Gasteiger partial charge in [-0.2, -0.15) is 0 Å². The van der Waals surface area contributed by atoms with Crippen LogP contribution in [0.3, 0.4) is 0 Å². The average Bonchev–Trinajstić information content (AvgIpc) is 3.35. The zero-order valence-corrected chi connectivity index (χ0v) is 19.3. The Morgan fingerprint density at radius 2 is 1.90 bits per heavy atom. The smallest absolute Gasteiger partial charge is 0.341 e. The summed E-state index contributed by atoms with van der Waals surface area (Å²) in [4.78, 5) is 25.9. The van der Waals surface area contributed by atoms with Crippen molar-refractivity contribution >= 4 is 39.6 Å². The quantitative estimate of drug-likeness (QED) is 0.483. The van der Waals surface area contributed by atoms with E-state index in [4.69, 9.17) is 9.47 Å². The number of amides is 1. The molecule has 0 bridgehead atoms. The number of hydrogen-bond donors (Lipinski definition) is 1. The molecular formula is C23H25NO4S2. The summed E-state index contributed by atoms with van der Waals surface area (Å²) in [6, 6.07) is 9.78. The highest BCUT2D eigenvalue weighted by molar-refractivity contribution is 7.17. The number of nitrogens with one attached hydrogen (secondary N) is 1. The number of benzene rings is 1. The third-order valence-electron chi connectivity index (χ3n) is 4.52. The number of esters is 1. The van der Waals surface area contributed by atoms with Gasteiger partial charge in [-0.15, -0.1) is 22.7 Å². The van der Waals surface area contributed by atoms with E-state index in [0.717, 1.165) is 21.6 Å². The van der Waals surface area contributed by atoms with E-state index >= 15 is 0 Å². The molecule has 158 valence electrons. The molecule has 0 aliphatic heterocycles. The third-order valence-corrected chi connectivity index (χ3v) is 6.32. The minimum absolute atomic E-state index is 0.112. The molecule has 2 heterocycles. The fourth-order valence-corrected chi connectivity index (χ4v) is 4.82. The maximum absolute atomic E-state index is 12.6. The number of ether oxygens (including phenoxy) is 2. The predicted molar refractivity (Wildman–Crippen MR) is 123 cm³/mol. The minimum Gasteiger partial charge on any atom is -0.483 e. The zero-order valence-electron chi connectivity index (χ0n) is 17.7. The standard InChI is InChI=1S/C23H25NO4S2/c1-14-8-9-17(16(11-14)23(2,3)4)28-12-19(25)24-21-20(22(26)27-5)15(13-30-21)18-7-6-10-29-18/h6-11,13H,12H2,1-5H3,(H,24,25). The van der Waals surface area contributed by atoms with E-state index in [2.05, 4.69) is 32.2 Å². The number of methoxy groups -OCH3 is 1. The van der Waals surface area contributed by atoms with Gasteiger partial charge in [-0.25, -0.2) is 4.79 Å². The molecule has 3 rings (SSSR count). The highest BCUT2D eigenvalue weighted by atomic mass is 32.1. The second-order valence-electron chi connectivity index (χ2n) is 7.91. The van der Waals surface area contributed by atoms with Crippen molar-refractivity contribution in [2.24, 2.45) is 0 Å². The van der Waals surface area contributed by atoms with Crippen molar-refractivity contribution < 1.29 is 19.1 Å². The van der Waals surface area contributed by atoms with Crippen molar-refractivity contribution in [2.75, 3.05) is 19.0 Å². The van der Waals surface area contributed by atoms with E-state index in [1.165, 1.54) is 29.8 Å². The lowest BCUT2D eigenvalue weighted by molar-refractivity contribution is -0.118. The number of carbonyl (C=O) groups is 2. The summed E-state index contributed by atoms with van der Waals surface area (Å²) in [5.74, 6) is -0.133. The summed E-state index contributed by atoms with van der Waals surface area (Å²) in [5, 5.41) is 7.06. The first-order chi connectivity index (χ1) is 14.2. The van der Waals surface area contributed by atoms with Gasteiger partial charge < -0.3 is 14.8 Å². The molecule has 0 saturated carbocycles.